The van der Waals surface area contributed by atoms with E-state index in [9.17, 15) is 9.90 Å². The number of carbonyl (C=O) groups is 1. The lowest BCUT2D eigenvalue weighted by Crippen LogP contribution is -2.37. The predicted octanol–water partition coefficient (Wildman–Crippen LogP) is 1.57. The average Bonchev–Trinajstić information content (AvgIpc) is 2.65. The molecule has 0 aliphatic carbocycles. The number of aliphatic hydroxyl groups is 1. The molecule has 1 aliphatic rings. The molecule has 1 unspecified atom stereocenters. The topological polar surface area (TPSA) is 62.9 Å². The molecule has 2 heterocycles. The normalized spacial score (nSPS) is 20.1. The Kier molecular flexibility index (Phi) is 3.46. The minimum absolute atomic E-state index is 0.0877. The predicted molar refractivity (Wildman–Crippen MR) is 73.7 cm³/mol. The zero-order valence-electron chi connectivity index (χ0n) is 11.3. The molecule has 106 valence electrons. The van der Waals surface area contributed by atoms with Gasteiger partial charge in [-0.15, -0.1) is 0 Å². The fraction of sp³-hybridized carbons (Fsp3) is 0.400. The summed E-state index contributed by atoms with van der Waals surface area (Å²) >= 11 is 0. The van der Waals surface area contributed by atoms with Crippen molar-refractivity contribution in [3.63, 3.8) is 0 Å². The molecule has 2 aromatic rings. The van der Waals surface area contributed by atoms with Gasteiger partial charge in [0.15, 0.2) is 0 Å². The van der Waals surface area contributed by atoms with Crippen LogP contribution in [0.2, 0.25) is 0 Å². The Balaban J connectivity index is 1.87. The van der Waals surface area contributed by atoms with Gasteiger partial charge in [-0.3, -0.25) is 4.79 Å². The molecule has 0 bridgehead atoms. The van der Waals surface area contributed by atoms with E-state index in [4.69, 9.17) is 9.15 Å². The Bertz CT molecular complexity index is 634. The number of fused-ring (bicyclic) bond motifs is 1. The molecule has 0 saturated carbocycles. The summed E-state index contributed by atoms with van der Waals surface area (Å²) in [6.45, 7) is 3.42. The number of β-amino-alcohol motifs (C(OH)–C–C–N with tert-alkyl or cyclic N) is 1. The molecule has 1 saturated heterocycles. The van der Waals surface area contributed by atoms with Gasteiger partial charge in [-0.05, 0) is 31.2 Å². The van der Waals surface area contributed by atoms with E-state index in [-0.39, 0.29) is 12.5 Å². The van der Waals surface area contributed by atoms with Gasteiger partial charge in [0, 0.05) is 24.0 Å². The van der Waals surface area contributed by atoms with Crippen LogP contribution in [-0.4, -0.2) is 48.3 Å². The molecule has 0 radical (unpaired) electrons. The molecule has 0 spiro atoms. The lowest BCUT2D eigenvalue weighted by Gasteiger charge is -2.21. The van der Waals surface area contributed by atoms with Crippen molar-refractivity contribution in [3.05, 3.63) is 35.6 Å². The van der Waals surface area contributed by atoms with E-state index >= 15 is 0 Å². The standard InChI is InChI=1S/C15H17NO4/c1-10-6-12-7-11(2-3-14(12)20-10)15(18)16-4-5-19-9-13(17)8-16/h2-3,6-7,13,17H,4-5,8-9H2,1H3. The Morgan fingerprint density at radius 1 is 1.40 bits per heavy atom. The third-order valence-corrected chi connectivity index (χ3v) is 3.42. The Hall–Kier alpha value is -1.85. The first-order valence-electron chi connectivity index (χ1n) is 6.69. The van der Waals surface area contributed by atoms with Gasteiger partial charge in [0.2, 0.25) is 0 Å². The number of carbonyl (C=O) groups excluding carboxylic acids is 1. The number of hydrogen-bond donors (Lipinski definition) is 1. The smallest absolute Gasteiger partial charge is 0.254 e. The van der Waals surface area contributed by atoms with Crippen LogP contribution in [0.1, 0.15) is 16.1 Å². The molecular formula is C15H17NO4. The maximum Gasteiger partial charge on any atom is 0.254 e. The highest BCUT2D eigenvalue weighted by Gasteiger charge is 2.22. The van der Waals surface area contributed by atoms with E-state index in [1.807, 2.05) is 19.1 Å². The van der Waals surface area contributed by atoms with Crippen LogP contribution >= 0.6 is 0 Å². The Labute approximate surface area is 116 Å². The molecule has 1 aromatic heterocycles. The third-order valence-electron chi connectivity index (χ3n) is 3.42. The zero-order valence-corrected chi connectivity index (χ0v) is 11.3. The molecule has 1 N–H and O–H groups in total. The molecule has 20 heavy (non-hydrogen) atoms. The van der Waals surface area contributed by atoms with Crippen molar-refractivity contribution >= 4 is 16.9 Å². The molecule has 1 fully saturated rings. The number of benzene rings is 1. The summed E-state index contributed by atoms with van der Waals surface area (Å²) in [4.78, 5) is 14.1. The number of hydrogen-bond acceptors (Lipinski definition) is 4. The summed E-state index contributed by atoms with van der Waals surface area (Å²) in [7, 11) is 0. The largest absolute Gasteiger partial charge is 0.461 e. The van der Waals surface area contributed by atoms with Gasteiger partial charge in [0.25, 0.3) is 5.91 Å². The van der Waals surface area contributed by atoms with E-state index in [0.29, 0.717) is 25.3 Å². The highest BCUT2D eigenvalue weighted by atomic mass is 16.5. The number of amides is 1. The van der Waals surface area contributed by atoms with Crippen molar-refractivity contribution < 1.29 is 19.1 Å². The number of furan rings is 1. The quantitative estimate of drug-likeness (QED) is 0.858. The van der Waals surface area contributed by atoms with Crippen LogP contribution in [-0.2, 0) is 4.74 Å². The van der Waals surface area contributed by atoms with Crippen molar-refractivity contribution in [1.82, 2.24) is 4.90 Å². The molecule has 3 rings (SSSR count). The van der Waals surface area contributed by atoms with Crippen LogP contribution in [0, 0.1) is 6.92 Å². The lowest BCUT2D eigenvalue weighted by atomic mass is 10.1. The first-order valence-corrected chi connectivity index (χ1v) is 6.69. The first kappa shape index (κ1) is 13.1. The molecule has 1 amide bonds. The van der Waals surface area contributed by atoms with Gasteiger partial charge < -0.3 is 19.2 Å². The van der Waals surface area contributed by atoms with Gasteiger partial charge in [-0.2, -0.15) is 0 Å². The van der Waals surface area contributed by atoms with E-state index in [1.165, 1.54) is 0 Å². The lowest BCUT2D eigenvalue weighted by molar-refractivity contribution is 0.0534. The average molecular weight is 275 g/mol. The minimum atomic E-state index is -0.624. The van der Waals surface area contributed by atoms with Crippen molar-refractivity contribution in [1.29, 1.82) is 0 Å². The van der Waals surface area contributed by atoms with Crippen molar-refractivity contribution in [2.45, 2.75) is 13.0 Å². The van der Waals surface area contributed by atoms with Crippen LogP contribution in [0.25, 0.3) is 11.0 Å². The van der Waals surface area contributed by atoms with Crippen LogP contribution in [0.5, 0.6) is 0 Å². The van der Waals surface area contributed by atoms with E-state index in [1.54, 1.807) is 17.0 Å². The second-order valence-corrected chi connectivity index (χ2v) is 5.09. The molecule has 5 nitrogen and oxygen atoms in total. The second kappa shape index (κ2) is 5.26. The fourth-order valence-corrected chi connectivity index (χ4v) is 2.47. The van der Waals surface area contributed by atoms with Gasteiger partial charge >= 0.3 is 0 Å². The van der Waals surface area contributed by atoms with Gasteiger partial charge in [-0.25, -0.2) is 0 Å². The Morgan fingerprint density at radius 3 is 3.10 bits per heavy atom. The van der Waals surface area contributed by atoms with Crippen LogP contribution < -0.4 is 0 Å². The zero-order chi connectivity index (χ0) is 14.1. The van der Waals surface area contributed by atoms with Crippen LogP contribution in [0.3, 0.4) is 0 Å². The third kappa shape index (κ3) is 2.55. The summed E-state index contributed by atoms with van der Waals surface area (Å²) in [5.74, 6) is 0.735. The van der Waals surface area contributed by atoms with E-state index in [0.717, 1.165) is 16.7 Å². The maximum atomic E-state index is 12.5. The number of rotatable bonds is 1. The minimum Gasteiger partial charge on any atom is -0.461 e. The summed E-state index contributed by atoms with van der Waals surface area (Å²) in [6.07, 6.45) is -0.624. The van der Waals surface area contributed by atoms with Crippen molar-refractivity contribution in [2.75, 3.05) is 26.3 Å². The fourth-order valence-electron chi connectivity index (χ4n) is 2.47. The number of aliphatic hydroxyl groups excluding tert-OH is 1. The highest BCUT2D eigenvalue weighted by molar-refractivity contribution is 5.97. The molecular weight excluding hydrogens is 258 g/mol. The SMILES string of the molecule is Cc1cc2cc(C(=O)N3CCOCC(O)C3)ccc2o1. The molecule has 1 aromatic carbocycles. The van der Waals surface area contributed by atoms with Crippen molar-refractivity contribution in [3.8, 4) is 0 Å². The van der Waals surface area contributed by atoms with E-state index in [2.05, 4.69) is 0 Å². The van der Waals surface area contributed by atoms with Crippen LogP contribution in [0.4, 0.5) is 0 Å². The van der Waals surface area contributed by atoms with Gasteiger partial charge in [-0.1, -0.05) is 0 Å². The molecule has 1 atom stereocenters. The van der Waals surface area contributed by atoms with Crippen LogP contribution in [0.15, 0.2) is 28.7 Å². The first-order chi connectivity index (χ1) is 9.63. The monoisotopic (exact) mass is 275 g/mol. The number of nitrogens with zero attached hydrogens (tertiary/aromatic N) is 1. The number of ether oxygens (including phenoxy) is 1. The maximum absolute atomic E-state index is 12.5. The summed E-state index contributed by atoms with van der Waals surface area (Å²) in [5.41, 5.74) is 1.38. The molecule has 1 aliphatic heterocycles. The van der Waals surface area contributed by atoms with Crippen molar-refractivity contribution in [2.24, 2.45) is 0 Å². The highest BCUT2D eigenvalue weighted by Crippen LogP contribution is 2.21. The summed E-state index contributed by atoms with van der Waals surface area (Å²) in [6, 6.07) is 7.30. The number of aryl methyl sites for hydroxylation is 1. The second-order valence-electron chi connectivity index (χ2n) is 5.09. The summed E-state index contributed by atoms with van der Waals surface area (Å²) < 4.78 is 10.7. The van der Waals surface area contributed by atoms with Gasteiger partial charge in [0.05, 0.1) is 19.3 Å². The molecule has 5 heteroatoms. The van der Waals surface area contributed by atoms with E-state index < -0.39 is 6.10 Å². The van der Waals surface area contributed by atoms with Gasteiger partial charge in [0.1, 0.15) is 11.3 Å². The Morgan fingerprint density at radius 2 is 2.25 bits per heavy atom. The summed E-state index contributed by atoms with van der Waals surface area (Å²) in [5, 5.41) is 10.6.